The van der Waals surface area contributed by atoms with Crippen LogP contribution in [0.5, 0.6) is 0 Å². The van der Waals surface area contributed by atoms with Crippen LogP contribution in [-0.2, 0) is 21.4 Å². The van der Waals surface area contributed by atoms with Crippen LogP contribution in [-0.4, -0.2) is 82.3 Å². The van der Waals surface area contributed by atoms with Gasteiger partial charge in [-0.2, -0.15) is 4.31 Å². The molecule has 0 spiro atoms. The maximum Gasteiger partial charge on any atom is 0.243 e. The third kappa shape index (κ3) is 5.38. The molecule has 1 amide bonds. The number of hydrogen-bond acceptors (Lipinski definition) is 5. The average Bonchev–Trinajstić information content (AvgIpc) is 2.75. The Hall–Kier alpha value is -2.42. The lowest BCUT2D eigenvalue weighted by molar-refractivity contribution is -0.131. The van der Waals surface area contributed by atoms with E-state index in [0.29, 0.717) is 44.2 Å². The van der Waals surface area contributed by atoms with Crippen molar-refractivity contribution < 1.29 is 13.2 Å². The van der Waals surface area contributed by atoms with Crippen LogP contribution in [0.2, 0.25) is 0 Å². The van der Waals surface area contributed by atoms with Crippen molar-refractivity contribution >= 4 is 21.6 Å². The standard InChI is InChI=1S/C22H30N4O3S/c1-23(2)20-11-9-19(10-12-20)17-24(3)22(27)18-25-13-15-26(16-14-25)30(28,29)21-7-5-4-6-8-21/h4-12H,13-18H2,1-3H3. The van der Waals surface area contributed by atoms with Gasteiger partial charge in [0, 0.05) is 59.6 Å². The molecule has 0 aromatic heterocycles. The van der Waals surface area contributed by atoms with E-state index in [-0.39, 0.29) is 5.91 Å². The van der Waals surface area contributed by atoms with Crippen molar-refractivity contribution in [2.75, 3.05) is 58.8 Å². The van der Waals surface area contributed by atoms with Crippen LogP contribution >= 0.6 is 0 Å². The van der Waals surface area contributed by atoms with Crippen molar-refractivity contribution in [3.63, 3.8) is 0 Å². The molecule has 1 fully saturated rings. The Morgan fingerprint density at radius 3 is 2.07 bits per heavy atom. The van der Waals surface area contributed by atoms with E-state index in [1.807, 2.05) is 48.2 Å². The van der Waals surface area contributed by atoms with Gasteiger partial charge in [-0.15, -0.1) is 0 Å². The summed E-state index contributed by atoms with van der Waals surface area (Å²) in [5, 5.41) is 0. The fourth-order valence-electron chi connectivity index (χ4n) is 3.44. The first-order chi connectivity index (χ1) is 14.3. The van der Waals surface area contributed by atoms with Crippen molar-refractivity contribution in [3.05, 3.63) is 60.2 Å². The van der Waals surface area contributed by atoms with Gasteiger partial charge in [0.1, 0.15) is 0 Å². The minimum Gasteiger partial charge on any atom is -0.378 e. The Morgan fingerprint density at radius 1 is 0.900 bits per heavy atom. The SMILES string of the molecule is CN(Cc1ccc(N(C)C)cc1)C(=O)CN1CCN(S(=O)(=O)c2ccccc2)CC1. The summed E-state index contributed by atoms with van der Waals surface area (Å²) < 4.78 is 26.9. The number of sulfonamides is 1. The quantitative estimate of drug-likeness (QED) is 0.669. The van der Waals surface area contributed by atoms with E-state index in [4.69, 9.17) is 0 Å². The first-order valence-electron chi connectivity index (χ1n) is 10.0. The van der Waals surface area contributed by atoms with Crippen molar-refractivity contribution in [1.82, 2.24) is 14.1 Å². The number of benzene rings is 2. The highest BCUT2D eigenvalue weighted by Crippen LogP contribution is 2.17. The molecule has 1 heterocycles. The molecule has 1 saturated heterocycles. The van der Waals surface area contributed by atoms with Crippen molar-refractivity contribution in [2.45, 2.75) is 11.4 Å². The zero-order chi connectivity index (χ0) is 21.7. The lowest BCUT2D eigenvalue weighted by atomic mass is 10.2. The van der Waals surface area contributed by atoms with Crippen LogP contribution in [0.15, 0.2) is 59.5 Å². The first kappa shape index (κ1) is 22.3. The van der Waals surface area contributed by atoms with Gasteiger partial charge in [-0.1, -0.05) is 30.3 Å². The fourth-order valence-corrected chi connectivity index (χ4v) is 4.89. The highest BCUT2D eigenvalue weighted by Gasteiger charge is 2.29. The third-order valence-electron chi connectivity index (χ3n) is 5.37. The average molecular weight is 431 g/mol. The molecule has 0 aliphatic carbocycles. The van der Waals surface area contributed by atoms with Crippen molar-refractivity contribution in [1.29, 1.82) is 0 Å². The molecule has 0 bridgehead atoms. The lowest BCUT2D eigenvalue weighted by Crippen LogP contribution is -2.51. The van der Waals surface area contributed by atoms with E-state index < -0.39 is 10.0 Å². The summed E-state index contributed by atoms with van der Waals surface area (Å²) in [5.74, 6) is 0.0334. The molecule has 162 valence electrons. The van der Waals surface area contributed by atoms with Gasteiger partial charge < -0.3 is 9.80 Å². The van der Waals surface area contributed by atoms with Crippen LogP contribution in [0, 0.1) is 0 Å². The maximum absolute atomic E-state index is 12.7. The normalized spacial score (nSPS) is 15.7. The molecule has 0 saturated carbocycles. The molecule has 7 nitrogen and oxygen atoms in total. The van der Waals surface area contributed by atoms with E-state index in [1.165, 1.54) is 4.31 Å². The van der Waals surface area contributed by atoms with Crippen molar-refractivity contribution in [2.24, 2.45) is 0 Å². The molecule has 2 aromatic rings. The number of likely N-dealkylation sites (N-methyl/N-ethyl adjacent to an activating group) is 1. The summed E-state index contributed by atoms with van der Waals surface area (Å²) in [6.45, 7) is 2.72. The Morgan fingerprint density at radius 2 is 1.50 bits per heavy atom. The molecule has 0 atom stereocenters. The number of hydrogen-bond donors (Lipinski definition) is 0. The number of carbonyl (C=O) groups is 1. The fraction of sp³-hybridized carbons (Fsp3) is 0.409. The number of rotatable bonds is 7. The van der Waals surface area contributed by atoms with Gasteiger partial charge in [-0.3, -0.25) is 9.69 Å². The minimum atomic E-state index is -3.47. The minimum absolute atomic E-state index is 0.0334. The maximum atomic E-state index is 12.7. The molecule has 2 aromatic carbocycles. The highest BCUT2D eigenvalue weighted by molar-refractivity contribution is 7.89. The summed E-state index contributed by atoms with van der Waals surface area (Å²) >= 11 is 0. The van der Waals surface area contributed by atoms with E-state index in [0.717, 1.165) is 11.3 Å². The molecule has 0 N–H and O–H groups in total. The predicted octanol–water partition coefficient (Wildman–Crippen LogP) is 1.72. The Labute approximate surface area is 179 Å². The molecule has 3 rings (SSSR count). The number of carbonyl (C=O) groups excluding carboxylic acids is 1. The summed E-state index contributed by atoms with van der Waals surface area (Å²) in [4.78, 5) is 18.7. The Kier molecular flexibility index (Phi) is 7.12. The smallest absolute Gasteiger partial charge is 0.243 e. The summed E-state index contributed by atoms with van der Waals surface area (Å²) in [6, 6.07) is 16.6. The summed E-state index contributed by atoms with van der Waals surface area (Å²) in [7, 11) is 2.32. The Balaban J connectivity index is 1.50. The largest absolute Gasteiger partial charge is 0.378 e. The van der Waals surface area contributed by atoms with Gasteiger partial charge in [0.15, 0.2) is 0 Å². The van der Waals surface area contributed by atoms with Crippen LogP contribution in [0.25, 0.3) is 0 Å². The van der Waals surface area contributed by atoms with Crippen LogP contribution in [0.3, 0.4) is 0 Å². The van der Waals surface area contributed by atoms with E-state index in [2.05, 4.69) is 0 Å². The van der Waals surface area contributed by atoms with E-state index in [9.17, 15) is 13.2 Å². The van der Waals surface area contributed by atoms with Crippen LogP contribution < -0.4 is 4.90 Å². The van der Waals surface area contributed by atoms with Crippen LogP contribution in [0.1, 0.15) is 5.56 Å². The zero-order valence-electron chi connectivity index (χ0n) is 17.9. The van der Waals surface area contributed by atoms with Gasteiger partial charge >= 0.3 is 0 Å². The molecule has 8 heteroatoms. The number of anilines is 1. The molecule has 0 unspecified atom stereocenters. The molecule has 30 heavy (non-hydrogen) atoms. The number of amides is 1. The molecule has 0 radical (unpaired) electrons. The molecule has 1 aliphatic rings. The number of nitrogens with zero attached hydrogens (tertiary/aromatic N) is 4. The predicted molar refractivity (Wildman–Crippen MR) is 119 cm³/mol. The second kappa shape index (κ2) is 9.59. The second-order valence-corrected chi connectivity index (χ2v) is 9.74. The third-order valence-corrected chi connectivity index (χ3v) is 7.28. The topological polar surface area (TPSA) is 64.2 Å². The second-order valence-electron chi connectivity index (χ2n) is 7.80. The van der Waals surface area contributed by atoms with Gasteiger partial charge in [0.25, 0.3) is 0 Å². The van der Waals surface area contributed by atoms with Crippen LogP contribution in [0.4, 0.5) is 5.69 Å². The lowest BCUT2D eigenvalue weighted by Gasteiger charge is -2.34. The number of piperazine rings is 1. The van der Waals surface area contributed by atoms with Gasteiger partial charge in [-0.05, 0) is 29.8 Å². The summed E-state index contributed by atoms with van der Waals surface area (Å²) in [6.07, 6.45) is 0. The molecular weight excluding hydrogens is 400 g/mol. The van der Waals surface area contributed by atoms with Gasteiger partial charge in [0.05, 0.1) is 11.4 Å². The van der Waals surface area contributed by atoms with Gasteiger partial charge in [-0.25, -0.2) is 8.42 Å². The molecule has 1 aliphatic heterocycles. The first-order valence-corrected chi connectivity index (χ1v) is 11.5. The zero-order valence-corrected chi connectivity index (χ0v) is 18.7. The highest BCUT2D eigenvalue weighted by atomic mass is 32.2. The molecular formula is C22H30N4O3S. The van der Waals surface area contributed by atoms with Crippen molar-refractivity contribution in [3.8, 4) is 0 Å². The Bertz CT molecular complexity index is 938. The summed E-state index contributed by atoms with van der Waals surface area (Å²) in [5.41, 5.74) is 2.20. The van der Waals surface area contributed by atoms with E-state index >= 15 is 0 Å². The monoisotopic (exact) mass is 430 g/mol. The van der Waals surface area contributed by atoms with E-state index in [1.54, 1.807) is 42.3 Å². The van der Waals surface area contributed by atoms with Gasteiger partial charge in [0.2, 0.25) is 15.9 Å².